The molecule has 0 aliphatic heterocycles. The van der Waals surface area contributed by atoms with Gasteiger partial charge in [-0.2, -0.15) is 4.98 Å². The maximum Gasteiger partial charge on any atom is 0.242 e. The summed E-state index contributed by atoms with van der Waals surface area (Å²) in [6, 6.07) is 10.6. The molecule has 3 rings (SSSR count). The van der Waals surface area contributed by atoms with E-state index in [-0.39, 0.29) is 18.1 Å². The fourth-order valence-electron chi connectivity index (χ4n) is 2.10. The van der Waals surface area contributed by atoms with Crippen molar-refractivity contribution in [2.45, 2.75) is 13.5 Å². The second-order valence-corrected chi connectivity index (χ2v) is 4.49. The van der Waals surface area contributed by atoms with Gasteiger partial charge in [0.1, 0.15) is 11.3 Å². The lowest BCUT2D eigenvalue weighted by atomic mass is 10.2. The van der Waals surface area contributed by atoms with Gasteiger partial charge in [0.05, 0.1) is 0 Å². The van der Waals surface area contributed by atoms with E-state index in [0.29, 0.717) is 17.1 Å². The van der Waals surface area contributed by atoms with Gasteiger partial charge in [0.15, 0.2) is 11.6 Å². The average Bonchev–Trinajstić information content (AvgIpc) is 2.81. The van der Waals surface area contributed by atoms with Gasteiger partial charge in [0.2, 0.25) is 5.88 Å². The Morgan fingerprint density at radius 3 is 2.90 bits per heavy atom. The first-order valence-corrected chi connectivity index (χ1v) is 6.29. The molecule has 20 heavy (non-hydrogen) atoms. The van der Waals surface area contributed by atoms with Gasteiger partial charge in [0.25, 0.3) is 0 Å². The summed E-state index contributed by atoms with van der Waals surface area (Å²) < 4.78 is 21.4. The maximum absolute atomic E-state index is 14.0. The maximum atomic E-state index is 14.0. The molecule has 0 atom stereocenters. The fraction of sp³-hybridized carbons (Fsp3) is 0.133. The van der Waals surface area contributed by atoms with Crippen LogP contribution in [-0.4, -0.2) is 9.38 Å². The molecule has 0 amide bonds. The zero-order valence-corrected chi connectivity index (χ0v) is 11.0. The molecule has 102 valence electrons. The number of halogens is 1. The van der Waals surface area contributed by atoms with Gasteiger partial charge < -0.3 is 10.5 Å². The third-order valence-electron chi connectivity index (χ3n) is 3.15. The molecular weight excluding hydrogens is 257 g/mol. The molecule has 0 aliphatic carbocycles. The number of pyridine rings is 1. The van der Waals surface area contributed by atoms with E-state index in [1.807, 2.05) is 28.8 Å². The number of ether oxygens (including phenoxy) is 1. The Bertz CT molecular complexity index is 767. The van der Waals surface area contributed by atoms with Crippen LogP contribution in [0.5, 0.6) is 11.6 Å². The highest BCUT2D eigenvalue weighted by Gasteiger charge is 2.15. The number of aromatic nitrogens is 2. The van der Waals surface area contributed by atoms with Crippen LogP contribution in [0.3, 0.4) is 0 Å². The minimum Gasteiger partial charge on any atom is -0.434 e. The molecule has 0 radical (unpaired) electrons. The van der Waals surface area contributed by atoms with E-state index >= 15 is 0 Å². The van der Waals surface area contributed by atoms with Crippen LogP contribution in [0, 0.1) is 12.7 Å². The number of rotatable bonds is 3. The van der Waals surface area contributed by atoms with E-state index in [0.717, 1.165) is 5.65 Å². The Hall–Kier alpha value is -2.40. The van der Waals surface area contributed by atoms with Crippen LogP contribution in [0.1, 0.15) is 11.3 Å². The third-order valence-corrected chi connectivity index (χ3v) is 3.15. The van der Waals surface area contributed by atoms with Crippen LogP contribution in [0.2, 0.25) is 0 Å². The van der Waals surface area contributed by atoms with E-state index in [9.17, 15) is 4.39 Å². The van der Waals surface area contributed by atoms with Gasteiger partial charge in [-0.3, -0.25) is 4.40 Å². The van der Waals surface area contributed by atoms with E-state index < -0.39 is 0 Å². The normalized spacial score (nSPS) is 10.9. The van der Waals surface area contributed by atoms with Crippen molar-refractivity contribution < 1.29 is 9.13 Å². The highest BCUT2D eigenvalue weighted by molar-refractivity contribution is 5.47. The molecule has 4 nitrogen and oxygen atoms in total. The molecule has 2 heterocycles. The van der Waals surface area contributed by atoms with Crippen LogP contribution < -0.4 is 10.5 Å². The largest absolute Gasteiger partial charge is 0.434 e. The molecule has 0 fully saturated rings. The van der Waals surface area contributed by atoms with Gasteiger partial charge in [-0.25, -0.2) is 4.39 Å². The molecule has 3 aromatic rings. The first kappa shape index (κ1) is 12.6. The van der Waals surface area contributed by atoms with Crippen molar-refractivity contribution in [3.8, 4) is 11.6 Å². The Labute approximate surface area is 115 Å². The van der Waals surface area contributed by atoms with Crippen LogP contribution in [0.4, 0.5) is 4.39 Å². The monoisotopic (exact) mass is 271 g/mol. The fourth-order valence-corrected chi connectivity index (χ4v) is 2.10. The standard InChI is InChI=1S/C15H14FN3O/c1-10-5-4-6-12(14(10)16)20-15-11(9-17)19-8-3-2-7-13(19)18-15/h2-8H,9,17H2,1H3. The van der Waals surface area contributed by atoms with Gasteiger partial charge in [-0.15, -0.1) is 0 Å². The van der Waals surface area contributed by atoms with E-state index in [1.165, 1.54) is 0 Å². The number of nitrogens with zero attached hydrogens (tertiary/aromatic N) is 2. The smallest absolute Gasteiger partial charge is 0.242 e. The SMILES string of the molecule is Cc1cccc(Oc2nc3ccccn3c2CN)c1F. The molecule has 1 aromatic carbocycles. The molecule has 2 N–H and O–H groups in total. The summed E-state index contributed by atoms with van der Waals surface area (Å²) >= 11 is 0. The topological polar surface area (TPSA) is 52.5 Å². The summed E-state index contributed by atoms with van der Waals surface area (Å²) in [5.74, 6) is 0.110. The number of hydrogen-bond acceptors (Lipinski definition) is 3. The molecule has 0 aliphatic rings. The highest BCUT2D eigenvalue weighted by Crippen LogP contribution is 2.28. The quantitative estimate of drug-likeness (QED) is 0.796. The van der Waals surface area contributed by atoms with Gasteiger partial charge in [0, 0.05) is 12.7 Å². The van der Waals surface area contributed by atoms with E-state index in [4.69, 9.17) is 10.5 Å². The average molecular weight is 271 g/mol. The lowest BCUT2D eigenvalue weighted by Crippen LogP contribution is -2.03. The van der Waals surface area contributed by atoms with E-state index in [1.54, 1.807) is 25.1 Å². The first-order chi connectivity index (χ1) is 9.70. The summed E-state index contributed by atoms with van der Waals surface area (Å²) in [5.41, 5.74) is 7.70. The molecule has 0 saturated carbocycles. The minimum absolute atomic E-state index is 0.156. The number of imidazole rings is 1. The number of nitrogens with two attached hydrogens (primary N) is 1. The molecular formula is C15H14FN3O. The third kappa shape index (κ3) is 2.02. The van der Waals surface area contributed by atoms with E-state index in [2.05, 4.69) is 4.98 Å². The highest BCUT2D eigenvalue weighted by atomic mass is 19.1. The first-order valence-electron chi connectivity index (χ1n) is 6.29. The van der Waals surface area contributed by atoms with Crippen LogP contribution in [-0.2, 0) is 6.54 Å². The van der Waals surface area contributed by atoms with Crippen LogP contribution in [0.15, 0.2) is 42.6 Å². The van der Waals surface area contributed by atoms with Crippen LogP contribution in [0.25, 0.3) is 5.65 Å². The lowest BCUT2D eigenvalue weighted by molar-refractivity contribution is 0.423. The minimum atomic E-state index is -0.382. The number of benzene rings is 1. The van der Waals surface area contributed by atoms with Crippen molar-refractivity contribution in [1.82, 2.24) is 9.38 Å². The number of aryl methyl sites for hydroxylation is 1. The molecule has 0 unspecified atom stereocenters. The zero-order valence-electron chi connectivity index (χ0n) is 11.0. The Kier molecular flexibility index (Phi) is 3.12. The predicted octanol–water partition coefficient (Wildman–Crippen LogP) is 3.03. The second kappa shape index (κ2) is 4.94. The number of fused-ring (bicyclic) bond motifs is 1. The Morgan fingerprint density at radius 1 is 1.25 bits per heavy atom. The summed E-state index contributed by atoms with van der Waals surface area (Å²) in [5, 5.41) is 0. The van der Waals surface area contributed by atoms with Gasteiger partial charge in [-0.05, 0) is 30.7 Å². The van der Waals surface area contributed by atoms with Crippen molar-refractivity contribution in [3.63, 3.8) is 0 Å². The molecule has 2 aromatic heterocycles. The zero-order chi connectivity index (χ0) is 14.1. The van der Waals surface area contributed by atoms with Crippen molar-refractivity contribution >= 4 is 5.65 Å². The summed E-state index contributed by atoms with van der Waals surface area (Å²) in [6.07, 6.45) is 1.85. The Balaban J connectivity index is 2.08. The Morgan fingerprint density at radius 2 is 2.10 bits per heavy atom. The summed E-state index contributed by atoms with van der Waals surface area (Å²) in [6.45, 7) is 1.95. The number of hydrogen-bond donors (Lipinski definition) is 1. The second-order valence-electron chi connectivity index (χ2n) is 4.49. The summed E-state index contributed by atoms with van der Waals surface area (Å²) in [4.78, 5) is 4.34. The molecule has 0 bridgehead atoms. The summed E-state index contributed by atoms with van der Waals surface area (Å²) in [7, 11) is 0. The van der Waals surface area contributed by atoms with Crippen molar-refractivity contribution in [1.29, 1.82) is 0 Å². The van der Waals surface area contributed by atoms with Crippen molar-refractivity contribution in [3.05, 3.63) is 59.7 Å². The van der Waals surface area contributed by atoms with Gasteiger partial charge >= 0.3 is 0 Å². The molecule has 5 heteroatoms. The van der Waals surface area contributed by atoms with Crippen molar-refractivity contribution in [2.24, 2.45) is 5.73 Å². The molecule has 0 saturated heterocycles. The van der Waals surface area contributed by atoms with Crippen LogP contribution >= 0.6 is 0 Å². The lowest BCUT2D eigenvalue weighted by Gasteiger charge is -2.07. The molecule has 0 spiro atoms. The van der Waals surface area contributed by atoms with Gasteiger partial charge in [-0.1, -0.05) is 18.2 Å². The predicted molar refractivity (Wildman–Crippen MR) is 74.3 cm³/mol. The van der Waals surface area contributed by atoms with Crippen molar-refractivity contribution in [2.75, 3.05) is 0 Å².